The first-order valence-corrected chi connectivity index (χ1v) is 8.66. The van der Waals surface area contributed by atoms with Gasteiger partial charge >= 0.3 is 0 Å². The zero-order chi connectivity index (χ0) is 15.1. The van der Waals surface area contributed by atoms with Crippen molar-refractivity contribution in [2.75, 3.05) is 19.6 Å². The molecule has 1 aliphatic rings. The molecule has 2 rings (SSSR count). The maximum atomic E-state index is 3.84. The zero-order valence-corrected chi connectivity index (χ0v) is 14.0. The van der Waals surface area contributed by atoms with Gasteiger partial charge in [-0.1, -0.05) is 44.2 Å². The Hall–Kier alpha value is -0.860. The molecule has 0 aliphatic carbocycles. The van der Waals surface area contributed by atoms with Crippen molar-refractivity contribution in [1.29, 1.82) is 0 Å². The summed E-state index contributed by atoms with van der Waals surface area (Å²) in [6.07, 6.45) is 5.03. The number of nitrogens with zero attached hydrogens (tertiary/aromatic N) is 1. The lowest BCUT2D eigenvalue weighted by molar-refractivity contribution is 0.174. The minimum atomic E-state index is 0.617. The van der Waals surface area contributed by atoms with Gasteiger partial charge in [-0.3, -0.25) is 0 Å². The van der Waals surface area contributed by atoms with E-state index in [1.54, 1.807) is 0 Å². The molecule has 1 unspecified atom stereocenters. The second kappa shape index (κ2) is 8.55. The van der Waals surface area contributed by atoms with E-state index in [4.69, 9.17) is 0 Å². The average molecular weight is 288 g/mol. The molecule has 1 saturated heterocycles. The van der Waals surface area contributed by atoms with Gasteiger partial charge in [0, 0.05) is 18.6 Å². The highest BCUT2D eigenvalue weighted by molar-refractivity contribution is 5.14. The molecule has 0 spiro atoms. The second-order valence-corrected chi connectivity index (χ2v) is 7.06. The molecule has 2 nitrogen and oxygen atoms in total. The van der Waals surface area contributed by atoms with Crippen LogP contribution in [0.15, 0.2) is 30.3 Å². The summed E-state index contributed by atoms with van der Waals surface area (Å²) in [6, 6.07) is 12.2. The molecular formula is C19H32N2. The van der Waals surface area contributed by atoms with Crippen molar-refractivity contribution in [2.24, 2.45) is 5.92 Å². The Kier molecular flexibility index (Phi) is 6.72. The van der Waals surface area contributed by atoms with Crippen LogP contribution in [-0.4, -0.2) is 36.6 Å². The molecule has 2 heteroatoms. The lowest BCUT2D eigenvalue weighted by Crippen LogP contribution is -2.46. The van der Waals surface area contributed by atoms with Crippen molar-refractivity contribution in [3.05, 3.63) is 35.9 Å². The monoisotopic (exact) mass is 288 g/mol. The van der Waals surface area contributed by atoms with E-state index in [9.17, 15) is 0 Å². The van der Waals surface area contributed by atoms with Gasteiger partial charge in [0.15, 0.2) is 0 Å². The molecule has 0 radical (unpaired) electrons. The molecule has 1 aromatic rings. The van der Waals surface area contributed by atoms with E-state index in [0.29, 0.717) is 6.04 Å². The number of benzene rings is 1. The van der Waals surface area contributed by atoms with Gasteiger partial charge in [-0.2, -0.15) is 0 Å². The Morgan fingerprint density at radius 3 is 2.38 bits per heavy atom. The summed E-state index contributed by atoms with van der Waals surface area (Å²) in [5.41, 5.74) is 1.46. The summed E-state index contributed by atoms with van der Waals surface area (Å²) in [6.45, 7) is 10.8. The smallest absolute Gasteiger partial charge is 0.00938 e. The quantitative estimate of drug-likeness (QED) is 0.822. The van der Waals surface area contributed by atoms with Crippen LogP contribution < -0.4 is 5.32 Å². The number of hydrogen-bond donors (Lipinski definition) is 1. The van der Waals surface area contributed by atoms with Crippen LogP contribution >= 0.6 is 0 Å². The Balaban J connectivity index is 1.64. The minimum absolute atomic E-state index is 0.617. The number of likely N-dealkylation sites (tertiary alicyclic amines) is 1. The molecule has 0 aromatic heterocycles. The molecule has 1 atom stereocenters. The zero-order valence-electron chi connectivity index (χ0n) is 14.0. The third kappa shape index (κ3) is 6.19. The first kappa shape index (κ1) is 16.5. The van der Waals surface area contributed by atoms with Crippen LogP contribution in [0, 0.1) is 5.92 Å². The number of nitrogens with one attached hydrogen (secondary N) is 1. The standard InChI is InChI=1S/C19H32N2/c1-16(2)15-21-13-11-19(12-14-21)20-17(3)9-10-18-7-5-4-6-8-18/h4-8,16-17,19-20H,9-15H2,1-3H3. The van der Waals surface area contributed by atoms with Gasteiger partial charge in [0.2, 0.25) is 0 Å². The van der Waals surface area contributed by atoms with Gasteiger partial charge in [-0.25, -0.2) is 0 Å². The molecule has 0 saturated carbocycles. The highest BCUT2D eigenvalue weighted by Crippen LogP contribution is 2.14. The fourth-order valence-electron chi connectivity index (χ4n) is 3.31. The molecular weight excluding hydrogens is 256 g/mol. The topological polar surface area (TPSA) is 15.3 Å². The van der Waals surface area contributed by atoms with Crippen molar-refractivity contribution in [3.63, 3.8) is 0 Å². The summed E-state index contributed by atoms with van der Waals surface area (Å²) in [5.74, 6) is 0.791. The summed E-state index contributed by atoms with van der Waals surface area (Å²) < 4.78 is 0. The molecule has 1 N–H and O–H groups in total. The van der Waals surface area contributed by atoms with Gasteiger partial charge in [0.25, 0.3) is 0 Å². The SMILES string of the molecule is CC(C)CN1CCC(NC(C)CCc2ccccc2)CC1. The van der Waals surface area contributed by atoms with E-state index in [1.807, 2.05) is 0 Å². The van der Waals surface area contributed by atoms with Crippen LogP contribution in [0.1, 0.15) is 45.6 Å². The Labute approximate surface area is 130 Å². The number of rotatable bonds is 7. The second-order valence-electron chi connectivity index (χ2n) is 7.06. The third-order valence-electron chi connectivity index (χ3n) is 4.44. The lowest BCUT2D eigenvalue weighted by atomic mass is 10.0. The van der Waals surface area contributed by atoms with Gasteiger partial charge in [0.1, 0.15) is 0 Å². The van der Waals surface area contributed by atoms with Crippen molar-refractivity contribution < 1.29 is 0 Å². The lowest BCUT2D eigenvalue weighted by Gasteiger charge is -2.34. The van der Waals surface area contributed by atoms with Gasteiger partial charge in [-0.05, 0) is 57.2 Å². The number of piperidine rings is 1. The average Bonchev–Trinajstić information content (AvgIpc) is 2.48. The van der Waals surface area contributed by atoms with E-state index in [-0.39, 0.29) is 0 Å². The molecule has 1 heterocycles. The van der Waals surface area contributed by atoms with E-state index < -0.39 is 0 Å². The Morgan fingerprint density at radius 1 is 1.10 bits per heavy atom. The number of aryl methyl sites for hydroxylation is 1. The van der Waals surface area contributed by atoms with Crippen LogP contribution in [0.3, 0.4) is 0 Å². The van der Waals surface area contributed by atoms with E-state index in [2.05, 4.69) is 61.3 Å². The maximum Gasteiger partial charge on any atom is 0.00938 e. The van der Waals surface area contributed by atoms with Crippen LogP contribution in [0.2, 0.25) is 0 Å². The van der Waals surface area contributed by atoms with Crippen molar-refractivity contribution in [2.45, 2.75) is 58.5 Å². The number of hydrogen-bond acceptors (Lipinski definition) is 2. The third-order valence-corrected chi connectivity index (χ3v) is 4.44. The Morgan fingerprint density at radius 2 is 1.76 bits per heavy atom. The highest BCUT2D eigenvalue weighted by atomic mass is 15.1. The largest absolute Gasteiger partial charge is 0.311 e. The molecule has 118 valence electrons. The molecule has 21 heavy (non-hydrogen) atoms. The fraction of sp³-hybridized carbons (Fsp3) is 0.684. The van der Waals surface area contributed by atoms with Crippen molar-refractivity contribution in [1.82, 2.24) is 10.2 Å². The fourth-order valence-corrected chi connectivity index (χ4v) is 3.31. The molecule has 1 aliphatic heterocycles. The van der Waals surface area contributed by atoms with Gasteiger partial charge < -0.3 is 10.2 Å². The van der Waals surface area contributed by atoms with Crippen molar-refractivity contribution in [3.8, 4) is 0 Å². The Bertz CT molecular complexity index is 380. The normalized spacial score (nSPS) is 19.0. The van der Waals surface area contributed by atoms with E-state index in [1.165, 1.54) is 50.9 Å². The molecule has 0 amide bonds. The summed E-state index contributed by atoms with van der Waals surface area (Å²) in [4.78, 5) is 2.62. The minimum Gasteiger partial charge on any atom is -0.311 e. The van der Waals surface area contributed by atoms with Crippen molar-refractivity contribution >= 4 is 0 Å². The van der Waals surface area contributed by atoms with E-state index >= 15 is 0 Å². The summed E-state index contributed by atoms with van der Waals surface area (Å²) >= 11 is 0. The first-order valence-electron chi connectivity index (χ1n) is 8.66. The van der Waals surface area contributed by atoms with Crippen LogP contribution in [-0.2, 0) is 6.42 Å². The predicted molar refractivity (Wildman–Crippen MR) is 91.7 cm³/mol. The highest BCUT2D eigenvalue weighted by Gasteiger charge is 2.20. The van der Waals surface area contributed by atoms with Gasteiger partial charge in [0.05, 0.1) is 0 Å². The van der Waals surface area contributed by atoms with Crippen LogP contribution in [0.5, 0.6) is 0 Å². The van der Waals surface area contributed by atoms with E-state index in [0.717, 1.165) is 12.0 Å². The first-order chi connectivity index (χ1) is 10.1. The molecule has 1 fully saturated rings. The summed E-state index contributed by atoms with van der Waals surface area (Å²) in [7, 11) is 0. The molecule has 1 aromatic carbocycles. The predicted octanol–water partition coefficient (Wildman–Crippen LogP) is 3.72. The maximum absolute atomic E-state index is 3.84. The molecule has 0 bridgehead atoms. The summed E-state index contributed by atoms with van der Waals surface area (Å²) in [5, 5.41) is 3.84. The van der Waals surface area contributed by atoms with Crippen LogP contribution in [0.25, 0.3) is 0 Å². The van der Waals surface area contributed by atoms with Crippen LogP contribution in [0.4, 0.5) is 0 Å². The van der Waals surface area contributed by atoms with Gasteiger partial charge in [-0.15, -0.1) is 0 Å².